The number of hydrogen-bond donors (Lipinski definition) is 0. The molecular formula is C25H24N2O3S. The van der Waals surface area contributed by atoms with Crippen molar-refractivity contribution >= 4 is 21.6 Å². The standard InChI is InChI=1S/C25H24N2O3S/c1-16-7-3-4-8-17(16)15-26-24-22(20-9-5-6-10-21(20)31-24)23(28)27(25(26)29)18-11-13-19(30-2)14-12-18/h3-4,7-8,11-14H,5-6,9-10,15H2,1-2H3. The van der Waals surface area contributed by atoms with E-state index >= 15 is 0 Å². The van der Waals surface area contributed by atoms with E-state index in [2.05, 4.69) is 13.0 Å². The Balaban J connectivity index is 1.82. The number of methoxy groups -OCH3 is 1. The maximum atomic E-state index is 13.7. The monoisotopic (exact) mass is 432 g/mol. The van der Waals surface area contributed by atoms with Crippen LogP contribution in [0.5, 0.6) is 5.75 Å². The second-order valence-corrected chi connectivity index (χ2v) is 9.11. The van der Waals surface area contributed by atoms with Crippen LogP contribution in [0.2, 0.25) is 0 Å². The fourth-order valence-corrected chi connectivity index (χ4v) is 5.80. The topological polar surface area (TPSA) is 53.2 Å². The molecular weight excluding hydrogens is 408 g/mol. The lowest BCUT2D eigenvalue weighted by molar-refractivity contribution is 0.414. The summed E-state index contributed by atoms with van der Waals surface area (Å²) in [4.78, 5) is 29.4. The summed E-state index contributed by atoms with van der Waals surface area (Å²) in [6.45, 7) is 2.49. The Hall–Kier alpha value is -3.12. The minimum atomic E-state index is -0.301. The molecule has 0 N–H and O–H groups in total. The van der Waals surface area contributed by atoms with Crippen molar-refractivity contribution in [2.45, 2.75) is 39.2 Å². The lowest BCUT2D eigenvalue weighted by atomic mass is 9.97. The van der Waals surface area contributed by atoms with Gasteiger partial charge in [-0.2, -0.15) is 0 Å². The quantitative estimate of drug-likeness (QED) is 0.479. The smallest absolute Gasteiger partial charge is 0.337 e. The molecule has 1 aliphatic rings. The number of ether oxygens (including phenoxy) is 1. The third-order valence-electron chi connectivity index (χ3n) is 6.16. The van der Waals surface area contributed by atoms with Gasteiger partial charge < -0.3 is 4.74 Å². The Bertz CT molecular complexity index is 1390. The van der Waals surface area contributed by atoms with Gasteiger partial charge in [0.15, 0.2) is 0 Å². The van der Waals surface area contributed by atoms with Crippen molar-refractivity contribution in [2.24, 2.45) is 0 Å². The van der Waals surface area contributed by atoms with Crippen LogP contribution < -0.4 is 16.0 Å². The van der Waals surface area contributed by atoms with E-state index in [1.165, 1.54) is 9.44 Å². The van der Waals surface area contributed by atoms with E-state index in [1.54, 1.807) is 47.3 Å². The molecule has 0 saturated carbocycles. The first-order valence-electron chi connectivity index (χ1n) is 10.6. The second-order valence-electron chi connectivity index (χ2n) is 8.02. The molecule has 5 rings (SSSR count). The number of aryl methyl sites for hydroxylation is 3. The van der Waals surface area contributed by atoms with Gasteiger partial charge in [0.1, 0.15) is 10.6 Å². The zero-order valence-electron chi connectivity index (χ0n) is 17.7. The van der Waals surface area contributed by atoms with E-state index in [0.29, 0.717) is 23.4 Å². The minimum absolute atomic E-state index is 0.217. The molecule has 0 bridgehead atoms. The molecule has 0 radical (unpaired) electrons. The molecule has 0 amide bonds. The van der Waals surface area contributed by atoms with E-state index in [1.807, 2.05) is 18.2 Å². The van der Waals surface area contributed by atoms with E-state index in [-0.39, 0.29) is 11.2 Å². The highest BCUT2D eigenvalue weighted by Crippen LogP contribution is 2.34. The highest BCUT2D eigenvalue weighted by atomic mass is 32.1. The van der Waals surface area contributed by atoms with E-state index in [0.717, 1.165) is 47.2 Å². The van der Waals surface area contributed by atoms with Crippen LogP contribution in [0.15, 0.2) is 58.1 Å². The van der Waals surface area contributed by atoms with Gasteiger partial charge in [0, 0.05) is 4.88 Å². The summed E-state index contributed by atoms with van der Waals surface area (Å²) in [5.74, 6) is 0.686. The predicted molar refractivity (Wildman–Crippen MR) is 125 cm³/mol. The fraction of sp³-hybridized carbons (Fsp3) is 0.280. The molecule has 0 fully saturated rings. The zero-order chi connectivity index (χ0) is 21.5. The molecule has 0 aliphatic heterocycles. The fourth-order valence-electron chi connectivity index (χ4n) is 4.42. The molecule has 6 heteroatoms. The van der Waals surface area contributed by atoms with Gasteiger partial charge in [0.2, 0.25) is 0 Å². The third kappa shape index (κ3) is 3.31. The van der Waals surface area contributed by atoms with Crippen LogP contribution in [0.1, 0.15) is 34.4 Å². The van der Waals surface area contributed by atoms with Crippen LogP contribution in [0.25, 0.3) is 15.9 Å². The summed E-state index contributed by atoms with van der Waals surface area (Å²) in [7, 11) is 1.60. The van der Waals surface area contributed by atoms with Gasteiger partial charge in [0.05, 0.1) is 24.7 Å². The zero-order valence-corrected chi connectivity index (χ0v) is 18.5. The summed E-state index contributed by atoms with van der Waals surface area (Å²) in [6, 6.07) is 15.2. The Morgan fingerprint density at radius 2 is 1.74 bits per heavy atom. The number of rotatable bonds is 4. The number of benzene rings is 2. The van der Waals surface area contributed by atoms with Crippen LogP contribution >= 0.6 is 11.3 Å². The number of thiophene rings is 1. The van der Waals surface area contributed by atoms with Crippen LogP contribution in [-0.4, -0.2) is 16.2 Å². The molecule has 1 aliphatic carbocycles. The average molecular weight is 433 g/mol. The molecule has 2 aromatic heterocycles. The van der Waals surface area contributed by atoms with Crippen molar-refractivity contribution in [3.63, 3.8) is 0 Å². The first-order chi connectivity index (χ1) is 15.1. The highest BCUT2D eigenvalue weighted by Gasteiger charge is 2.24. The molecule has 158 valence electrons. The minimum Gasteiger partial charge on any atom is -0.497 e. The summed E-state index contributed by atoms with van der Waals surface area (Å²) in [5.41, 5.74) is 3.39. The molecule has 31 heavy (non-hydrogen) atoms. The van der Waals surface area contributed by atoms with Crippen LogP contribution in [0.3, 0.4) is 0 Å². The van der Waals surface area contributed by atoms with Gasteiger partial charge in [-0.25, -0.2) is 9.36 Å². The van der Waals surface area contributed by atoms with Crippen molar-refractivity contribution < 1.29 is 4.74 Å². The third-order valence-corrected chi connectivity index (χ3v) is 7.47. The van der Waals surface area contributed by atoms with Gasteiger partial charge in [-0.3, -0.25) is 9.36 Å². The first-order valence-corrected chi connectivity index (χ1v) is 11.4. The number of aromatic nitrogens is 2. The van der Waals surface area contributed by atoms with Crippen molar-refractivity contribution in [2.75, 3.05) is 7.11 Å². The first kappa shape index (κ1) is 19.8. The van der Waals surface area contributed by atoms with Gasteiger partial charge in [0.25, 0.3) is 5.56 Å². The normalized spacial score (nSPS) is 13.4. The average Bonchev–Trinajstić information content (AvgIpc) is 3.18. The Morgan fingerprint density at radius 3 is 2.48 bits per heavy atom. The molecule has 0 saturated heterocycles. The molecule has 0 spiro atoms. The van der Waals surface area contributed by atoms with Crippen molar-refractivity contribution in [3.05, 3.63) is 90.9 Å². The van der Waals surface area contributed by atoms with E-state index in [9.17, 15) is 9.59 Å². The van der Waals surface area contributed by atoms with Crippen LogP contribution in [-0.2, 0) is 19.4 Å². The second kappa shape index (κ2) is 7.85. The highest BCUT2D eigenvalue weighted by molar-refractivity contribution is 7.18. The summed E-state index contributed by atoms with van der Waals surface area (Å²) >= 11 is 1.62. The maximum absolute atomic E-state index is 13.7. The van der Waals surface area contributed by atoms with E-state index < -0.39 is 0 Å². The molecule has 2 heterocycles. The van der Waals surface area contributed by atoms with Crippen molar-refractivity contribution in [3.8, 4) is 11.4 Å². The van der Waals surface area contributed by atoms with Crippen LogP contribution in [0, 0.1) is 6.92 Å². The lowest BCUT2D eigenvalue weighted by Gasteiger charge is -2.14. The number of nitrogens with zero attached hydrogens (tertiary/aromatic N) is 2. The molecule has 0 unspecified atom stereocenters. The van der Waals surface area contributed by atoms with Gasteiger partial charge in [-0.15, -0.1) is 11.3 Å². The van der Waals surface area contributed by atoms with Crippen LogP contribution in [0.4, 0.5) is 0 Å². The Kier molecular flexibility index (Phi) is 5.02. The lowest BCUT2D eigenvalue weighted by Crippen LogP contribution is -2.39. The molecule has 2 aromatic carbocycles. The van der Waals surface area contributed by atoms with Crippen molar-refractivity contribution in [1.82, 2.24) is 9.13 Å². The van der Waals surface area contributed by atoms with Gasteiger partial charge in [-0.1, -0.05) is 24.3 Å². The van der Waals surface area contributed by atoms with Crippen molar-refractivity contribution in [1.29, 1.82) is 0 Å². The number of fused-ring (bicyclic) bond motifs is 3. The summed E-state index contributed by atoms with van der Waals surface area (Å²) in [6.07, 6.45) is 4.09. The SMILES string of the molecule is COc1ccc(-n2c(=O)c3c4c(sc3n(Cc3ccccc3C)c2=O)CCCC4)cc1. The molecule has 5 nitrogen and oxygen atoms in total. The Labute approximate surface area is 184 Å². The Morgan fingerprint density at radius 1 is 1.00 bits per heavy atom. The molecule has 4 aromatic rings. The van der Waals surface area contributed by atoms with Gasteiger partial charge >= 0.3 is 5.69 Å². The van der Waals surface area contributed by atoms with Gasteiger partial charge in [-0.05, 0) is 73.6 Å². The van der Waals surface area contributed by atoms with E-state index in [4.69, 9.17) is 4.74 Å². The predicted octanol–water partition coefficient (Wildman–Crippen LogP) is 4.46. The maximum Gasteiger partial charge on any atom is 0.337 e. The summed E-state index contributed by atoms with van der Waals surface area (Å²) in [5, 5.41) is 0.712. The largest absolute Gasteiger partial charge is 0.497 e. The number of hydrogen-bond acceptors (Lipinski definition) is 4. The summed E-state index contributed by atoms with van der Waals surface area (Å²) < 4.78 is 8.35. The molecule has 0 atom stereocenters.